The van der Waals surface area contributed by atoms with E-state index in [-0.39, 0.29) is 16.5 Å². The normalized spacial score (nSPS) is 12.0. The minimum atomic E-state index is -3.62. The topological polar surface area (TPSA) is 85.6 Å². The highest BCUT2D eigenvalue weighted by Crippen LogP contribution is 2.23. The van der Waals surface area contributed by atoms with Crippen LogP contribution in [-0.2, 0) is 28.4 Å². The summed E-state index contributed by atoms with van der Waals surface area (Å²) in [7, 11) is -0.293. The van der Waals surface area contributed by atoms with Gasteiger partial charge in [-0.15, -0.1) is 0 Å². The molecule has 0 aliphatic heterocycles. The largest absolute Gasteiger partial charge is 0.383 e. The molecule has 30 heavy (non-hydrogen) atoms. The van der Waals surface area contributed by atoms with Gasteiger partial charge in [-0.25, -0.2) is 8.42 Å². The Labute approximate surface area is 177 Å². The van der Waals surface area contributed by atoms with E-state index in [1.807, 2.05) is 30.5 Å². The van der Waals surface area contributed by atoms with Crippen molar-refractivity contribution < 1.29 is 17.9 Å². The van der Waals surface area contributed by atoms with Gasteiger partial charge in [-0.3, -0.25) is 4.79 Å². The maximum atomic E-state index is 12.8. The van der Waals surface area contributed by atoms with Crippen LogP contribution in [0.5, 0.6) is 0 Å². The van der Waals surface area contributed by atoms with Crippen LogP contribution in [0.1, 0.15) is 24.3 Å². The lowest BCUT2D eigenvalue weighted by Gasteiger charge is -2.17. The molecule has 0 aliphatic carbocycles. The predicted octanol–water partition coefficient (Wildman–Crippen LogP) is 2.91. The average molecular weight is 433 g/mol. The summed E-state index contributed by atoms with van der Waals surface area (Å²) in [5.74, 6) is -0.364. The van der Waals surface area contributed by atoms with Crippen LogP contribution < -0.4 is 5.32 Å². The number of aryl methyl sites for hydroxylation is 1. The fourth-order valence-electron chi connectivity index (χ4n) is 3.47. The minimum Gasteiger partial charge on any atom is -0.383 e. The number of methoxy groups -OCH3 is 1. The van der Waals surface area contributed by atoms with E-state index in [0.717, 1.165) is 17.4 Å². The van der Waals surface area contributed by atoms with Gasteiger partial charge in [0.1, 0.15) is 10.6 Å². The van der Waals surface area contributed by atoms with E-state index < -0.39 is 10.0 Å². The first-order valence-corrected chi connectivity index (χ1v) is 11.3. The number of nitrogens with one attached hydrogen (secondary N) is 1. The summed E-state index contributed by atoms with van der Waals surface area (Å²) < 4.78 is 35.6. The van der Waals surface area contributed by atoms with Crippen LogP contribution in [0, 0.1) is 0 Å². The Hall–Kier alpha value is -2.62. The van der Waals surface area contributed by atoms with Gasteiger partial charge in [0.15, 0.2) is 0 Å². The van der Waals surface area contributed by atoms with Gasteiger partial charge < -0.3 is 19.2 Å². The molecule has 2 aromatic heterocycles. The minimum absolute atomic E-state index is 0.115. The summed E-state index contributed by atoms with van der Waals surface area (Å²) in [4.78, 5) is 12.9. The molecule has 0 unspecified atom stereocenters. The van der Waals surface area contributed by atoms with Crippen molar-refractivity contribution in [3.05, 3.63) is 48.4 Å². The number of fused-ring (bicyclic) bond motifs is 1. The second kappa shape index (κ2) is 9.03. The summed E-state index contributed by atoms with van der Waals surface area (Å²) in [5.41, 5.74) is 1.97. The monoisotopic (exact) mass is 432 g/mol. The summed E-state index contributed by atoms with van der Waals surface area (Å²) in [5, 5.41) is 3.86. The van der Waals surface area contributed by atoms with Crippen LogP contribution in [0.3, 0.4) is 0 Å². The average Bonchev–Trinajstić information content (AvgIpc) is 3.30. The Morgan fingerprint density at radius 1 is 1.17 bits per heavy atom. The van der Waals surface area contributed by atoms with Crippen molar-refractivity contribution >= 4 is 32.5 Å². The third-order valence-corrected chi connectivity index (χ3v) is 7.14. The zero-order valence-electron chi connectivity index (χ0n) is 17.8. The van der Waals surface area contributed by atoms with Crippen molar-refractivity contribution in [1.29, 1.82) is 0 Å². The number of hydrogen-bond acceptors (Lipinski definition) is 4. The molecule has 0 fully saturated rings. The van der Waals surface area contributed by atoms with Crippen molar-refractivity contribution in [2.45, 2.75) is 25.3 Å². The predicted molar refractivity (Wildman–Crippen MR) is 117 cm³/mol. The lowest BCUT2D eigenvalue weighted by molar-refractivity contribution is 0.101. The van der Waals surface area contributed by atoms with Gasteiger partial charge in [-0.05, 0) is 30.3 Å². The first-order chi connectivity index (χ1) is 14.3. The number of benzene rings is 1. The van der Waals surface area contributed by atoms with Crippen LogP contribution in [0.4, 0.5) is 5.69 Å². The van der Waals surface area contributed by atoms with Crippen LogP contribution in [0.15, 0.2) is 47.6 Å². The molecule has 0 saturated carbocycles. The highest BCUT2D eigenvalue weighted by Gasteiger charge is 2.25. The second-order valence-electron chi connectivity index (χ2n) is 6.99. The molecule has 3 aromatic rings. The van der Waals surface area contributed by atoms with Crippen molar-refractivity contribution in [1.82, 2.24) is 13.4 Å². The molecule has 9 heteroatoms. The number of sulfonamides is 1. The maximum absolute atomic E-state index is 12.8. The molecule has 2 heterocycles. The fraction of sp³-hybridized carbons (Fsp3) is 0.381. The molecule has 0 spiro atoms. The number of aromatic nitrogens is 2. The standard InChI is InChI=1S/C21H28N4O4S/c1-5-25(6-2)30(27,28)18-14-20(23(3)15-18)21(26)22-17-7-8-19-16(13-17)9-10-24(19)11-12-29-4/h7-10,13-15H,5-6,11-12H2,1-4H3,(H,22,26). The van der Waals surface area contributed by atoms with E-state index in [2.05, 4.69) is 9.88 Å². The Kier molecular flexibility index (Phi) is 6.64. The molecule has 0 bridgehead atoms. The van der Waals surface area contributed by atoms with Gasteiger partial charge in [-0.1, -0.05) is 13.8 Å². The van der Waals surface area contributed by atoms with Gasteiger partial charge in [0.2, 0.25) is 10.0 Å². The lowest BCUT2D eigenvalue weighted by Crippen LogP contribution is -2.30. The number of rotatable bonds is 9. The van der Waals surface area contributed by atoms with Crippen molar-refractivity contribution in [2.24, 2.45) is 7.05 Å². The molecule has 1 N–H and O–H groups in total. The maximum Gasteiger partial charge on any atom is 0.272 e. The first-order valence-electron chi connectivity index (χ1n) is 9.87. The van der Waals surface area contributed by atoms with Gasteiger partial charge in [0, 0.05) is 62.8 Å². The molecule has 8 nitrogen and oxygen atoms in total. The van der Waals surface area contributed by atoms with E-state index in [0.29, 0.717) is 25.4 Å². The van der Waals surface area contributed by atoms with Crippen molar-refractivity contribution in [3.63, 3.8) is 0 Å². The smallest absolute Gasteiger partial charge is 0.272 e. The second-order valence-corrected chi connectivity index (χ2v) is 8.93. The number of carbonyl (C=O) groups excluding carboxylic acids is 1. The van der Waals surface area contributed by atoms with Gasteiger partial charge in [0.05, 0.1) is 6.61 Å². The SMILES string of the molecule is CCN(CC)S(=O)(=O)c1cc(C(=O)Nc2ccc3c(ccn3CCOC)c2)n(C)c1. The Morgan fingerprint density at radius 3 is 2.57 bits per heavy atom. The number of nitrogens with zero attached hydrogens (tertiary/aromatic N) is 3. The Balaban J connectivity index is 1.82. The number of hydrogen-bond donors (Lipinski definition) is 1. The lowest BCUT2D eigenvalue weighted by atomic mass is 10.2. The van der Waals surface area contributed by atoms with Gasteiger partial charge in [0.25, 0.3) is 5.91 Å². The molecule has 0 saturated heterocycles. The van der Waals surface area contributed by atoms with E-state index in [4.69, 9.17) is 4.74 Å². The molecule has 3 rings (SSSR count). The van der Waals surface area contributed by atoms with Crippen LogP contribution in [0.25, 0.3) is 10.9 Å². The molecular formula is C21H28N4O4S. The fourth-order valence-corrected chi connectivity index (χ4v) is 5.00. The molecule has 0 aliphatic rings. The van der Waals surface area contributed by atoms with E-state index in [9.17, 15) is 13.2 Å². The number of anilines is 1. The highest BCUT2D eigenvalue weighted by molar-refractivity contribution is 7.89. The van der Waals surface area contributed by atoms with Crippen molar-refractivity contribution in [2.75, 3.05) is 32.1 Å². The third kappa shape index (κ3) is 4.28. The van der Waals surface area contributed by atoms with Crippen LogP contribution in [-0.4, -0.2) is 54.6 Å². The van der Waals surface area contributed by atoms with Crippen LogP contribution >= 0.6 is 0 Å². The van der Waals surface area contributed by atoms with E-state index >= 15 is 0 Å². The molecule has 162 valence electrons. The zero-order valence-corrected chi connectivity index (χ0v) is 18.6. The quantitative estimate of drug-likeness (QED) is 0.563. The van der Waals surface area contributed by atoms with Crippen molar-refractivity contribution in [3.8, 4) is 0 Å². The highest BCUT2D eigenvalue weighted by atomic mass is 32.2. The number of ether oxygens (including phenoxy) is 1. The number of carbonyl (C=O) groups is 1. The molecule has 0 atom stereocenters. The third-order valence-electron chi connectivity index (χ3n) is 5.12. The summed E-state index contributed by atoms with van der Waals surface area (Å²) >= 11 is 0. The first kappa shape index (κ1) is 22.1. The molecular weight excluding hydrogens is 404 g/mol. The molecule has 0 radical (unpaired) electrons. The molecule has 1 aromatic carbocycles. The van der Waals surface area contributed by atoms with Gasteiger partial charge in [-0.2, -0.15) is 4.31 Å². The Morgan fingerprint density at radius 2 is 1.90 bits per heavy atom. The van der Waals surface area contributed by atoms with Crippen LogP contribution in [0.2, 0.25) is 0 Å². The zero-order chi connectivity index (χ0) is 21.9. The Bertz CT molecular complexity index is 1140. The number of amides is 1. The van der Waals surface area contributed by atoms with E-state index in [1.54, 1.807) is 28.0 Å². The summed E-state index contributed by atoms with van der Waals surface area (Å²) in [6.07, 6.45) is 3.46. The molecule has 1 amide bonds. The van der Waals surface area contributed by atoms with E-state index in [1.165, 1.54) is 21.1 Å². The van der Waals surface area contributed by atoms with Gasteiger partial charge >= 0.3 is 0 Å². The summed E-state index contributed by atoms with van der Waals surface area (Å²) in [6.45, 7) is 5.69. The summed E-state index contributed by atoms with van der Waals surface area (Å²) in [6, 6.07) is 9.08.